The van der Waals surface area contributed by atoms with Crippen molar-refractivity contribution in [1.29, 1.82) is 0 Å². The van der Waals surface area contributed by atoms with Crippen LogP contribution in [0.15, 0.2) is 0 Å². The van der Waals surface area contributed by atoms with Crippen LogP contribution in [0.4, 0.5) is 0 Å². The van der Waals surface area contributed by atoms with E-state index < -0.39 is 0 Å². The maximum Gasteiger partial charge on any atom is 0.0580 e. The van der Waals surface area contributed by atoms with E-state index >= 15 is 0 Å². The molecule has 0 aliphatic heterocycles. The zero-order chi connectivity index (χ0) is 20.3. The molecule has 28 heavy (non-hydrogen) atoms. The van der Waals surface area contributed by atoms with Gasteiger partial charge in [0.1, 0.15) is 0 Å². The van der Waals surface area contributed by atoms with Gasteiger partial charge in [-0.25, -0.2) is 0 Å². The van der Waals surface area contributed by atoms with Crippen molar-refractivity contribution >= 4 is 0 Å². The Bertz CT molecular complexity index is 567. The molecule has 4 heteroatoms. The van der Waals surface area contributed by atoms with Crippen LogP contribution in [-0.2, 0) is 0 Å². The Hall–Kier alpha value is -0.160. The maximum absolute atomic E-state index is 11.3. The summed E-state index contributed by atoms with van der Waals surface area (Å²) in [6.45, 7) is 7.34. The van der Waals surface area contributed by atoms with Gasteiger partial charge in [0.15, 0.2) is 0 Å². The molecule has 4 saturated carbocycles. The standard InChI is InChI=1S/C24H42O4/c1-14(5-4-10-25)18-13-20(28)22-21-17(7-9-24(18,22)3)23(2)8-6-16(26)11-15(23)12-19(21)27/h14-22,25-28H,4-13H2,1-3H3/t14?,15?,16?,17-,18+,19?,20?,21-,22-,23-,24+/m0/s1. The van der Waals surface area contributed by atoms with E-state index in [1.165, 1.54) is 0 Å². The average molecular weight is 395 g/mol. The van der Waals surface area contributed by atoms with Gasteiger partial charge in [0.2, 0.25) is 0 Å². The molecule has 0 aromatic heterocycles. The first-order valence-corrected chi connectivity index (χ1v) is 11.9. The smallest absolute Gasteiger partial charge is 0.0580 e. The van der Waals surface area contributed by atoms with Crippen molar-refractivity contribution in [3.63, 3.8) is 0 Å². The molecule has 4 N–H and O–H groups in total. The second-order valence-corrected chi connectivity index (χ2v) is 11.4. The van der Waals surface area contributed by atoms with Crippen LogP contribution >= 0.6 is 0 Å². The van der Waals surface area contributed by atoms with Crippen LogP contribution in [0.3, 0.4) is 0 Å². The van der Waals surface area contributed by atoms with Gasteiger partial charge in [0, 0.05) is 6.61 Å². The van der Waals surface area contributed by atoms with Gasteiger partial charge in [0.05, 0.1) is 18.3 Å². The summed E-state index contributed by atoms with van der Waals surface area (Å²) in [7, 11) is 0. The van der Waals surface area contributed by atoms with Crippen molar-refractivity contribution in [2.45, 2.75) is 96.9 Å². The van der Waals surface area contributed by atoms with Gasteiger partial charge >= 0.3 is 0 Å². The Balaban J connectivity index is 1.62. The molecule has 4 aliphatic carbocycles. The van der Waals surface area contributed by atoms with Crippen LogP contribution in [0.5, 0.6) is 0 Å². The molecule has 0 amide bonds. The number of aliphatic hydroxyl groups is 4. The fourth-order valence-electron chi connectivity index (χ4n) is 8.79. The van der Waals surface area contributed by atoms with Crippen LogP contribution in [0, 0.1) is 46.3 Å². The fraction of sp³-hybridized carbons (Fsp3) is 1.00. The minimum atomic E-state index is -0.348. The Kier molecular flexibility index (Phi) is 5.66. The lowest BCUT2D eigenvalue weighted by molar-refractivity contribution is -0.185. The summed E-state index contributed by atoms with van der Waals surface area (Å²) in [6, 6.07) is 0. The van der Waals surface area contributed by atoms with Gasteiger partial charge in [-0.2, -0.15) is 0 Å². The second kappa shape index (κ2) is 7.51. The fourth-order valence-corrected chi connectivity index (χ4v) is 8.79. The summed E-state index contributed by atoms with van der Waals surface area (Å²) < 4.78 is 0. The quantitative estimate of drug-likeness (QED) is 0.589. The van der Waals surface area contributed by atoms with E-state index in [1.807, 2.05) is 0 Å². The van der Waals surface area contributed by atoms with E-state index in [0.717, 1.165) is 57.8 Å². The summed E-state index contributed by atoms with van der Waals surface area (Å²) in [5.74, 6) is 2.24. The van der Waals surface area contributed by atoms with Crippen LogP contribution in [0.25, 0.3) is 0 Å². The highest BCUT2D eigenvalue weighted by Crippen LogP contribution is 2.68. The first-order valence-electron chi connectivity index (χ1n) is 11.9. The minimum Gasteiger partial charge on any atom is -0.396 e. The molecule has 0 aromatic rings. The molecule has 4 fully saturated rings. The number of rotatable bonds is 4. The first kappa shape index (κ1) is 21.1. The molecule has 4 rings (SSSR count). The molecule has 0 spiro atoms. The highest BCUT2D eigenvalue weighted by Gasteiger charge is 2.65. The number of hydrogen-bond acceptors (Lipinski definition) is 4. The van der Waals surface area contributed by atoms with Crippen molar-refractivity contribution in [2.75, 3.05) is 6.61 Å². The third-order valence-electron chi connectivity index (χ3n) is 10.2. The van der Waals surface area contributed by atoms with Crippen LogP contribution < -0.4 is 0 Å². The predicted octanol–water partition coefficient (Wildman–Crippen LogP) is 3.36. The minimum absolute atomic E-state index is 0.0911. The Labute approximate surface area is 170 Å². The maximum atomic E-state index is 11.3. The van der Waals surface area contributed by atoms with Gasteiger partial charge in [-0.3, -0.25) is 0 Å². The Morgan fingerprint density at radius 2 is 1.64 bits per heavy atom. The monoisotopic (exact) mass is 394 g/mol. The highest BCUT2D eigenvalue weighted by molar-refractivity contribution is 5.13. The molecular formula is C24H42O4. The van der Waals surface area contributed by atoms with Crippen molar-refractivity contribution < 1.29 is 20.4 Å². The van der Waals surface area contributed by atoms with E-state index in [0.29, 0.717) is 23.7 Å². The lowest BCUT2D eigenvalue weighted by Gasteiger charge is -2.62. The zero-order valence-electron chi connectivity index (χ0n) is 18.1. The van der Waals surface area contributed by atoms with Crippen molar-refractivity contribution in [1.82, 2.24) is 0 Å². The summed E-state index contributed by atoms with van der Waals surface area (Å²) in [4.78, 5) is 0. The van der Waals surface area contributed by atoms with Crippen LogP contribution in [0.2, 0.25) is 0 Å². The van der Waals surface area contributed by atoms with Gasteiger partial charge in [-0.1, -0.05) is 20.8 Å². The second-order valence-electron chi connectivity index (χ2n) is 11.4. The molecule has 0 radical (unpaired) electrons. The van der Waals surface area contributed by atoms with Gasteiger partial charge in [-0.05, 0) is 104 Å². The molecule has 0 saturated heterocycles. The Morgan fingerprint density at radius 1 is 0.929 bits per heavy atom. The van der Waals surface area contributed by atoms with Gasteiger partial charge < -0.3 is 20.4 Å². The van der Waals surface area contributed by atoms with Gasteiger partial charge in [-0.15, -0.1) is 0 Å². The number of fused-ring (bicyclic) bond motifs is 5. The van der Waals surface area contributed by atoms with Crippen molar-refractivity contribution in [3.8, 4) is 0 Å². The first-order chi connectivity index (χ1) is 13.2. The van der Waals surface area contributed by atoms with Gasteiger partial charge in [0.25, 0.3) is 0 Å². The summed E-state index contributed by atoms with van der Waals surface area (Å²) in [5.41, 5.74) is 0.290. The molecule has 0 heterocycles. The van der Waals surface area contributed by atoms with E-state index in [-0.39, 0.29) is 47.6 Å². The molecular weight excluding hydrogens is 352 g/mol. The third kappa shape index (κ3) is 3.09. The van der Waals surface area contributed by atoms with E-state index in [1.54, 1.807) is 0 Å². The SMILES string of the molecule is CC(CCCO)[C@H]1CC(O)[C@H]2[C@@H]3C(O)CC4CC(O)CC[C@]4(C)[C@H]3CC[C@]12C. The zero-order valence-corrected chi connectivity index (χ0v) is 18.1. The lowest BCUT2D eigenvalue weighted by atomic mass is 9.43. The Morgan fingerprint density at radius 3 is 2.36 bits per heavy atom. The lowest BCUT2D eigenvalue weighted by Crippen LogP contribution is -2.60. The van der Waals surface area contributed by atoms with Crippen LogP contribution in [0.1, 0.15) is 78.6 Å². The summed E-state index contributed by atoms with van der Waals surface area (Å²) in [5, 5.41) is 41.9. The summed E-state index contributed by atoms with van der Waals surface area (Å²) >= 11 is 0. The molecule has 11 atom stereocenters. The molecule has 4 nitrogen and oxygen atoms in total. The molecule has 0 aromatic carbocycles. The highest BCUT2D eigenvalue weighted by atomic mass is 16.3. The van der Waals surface area contributed by atoms with E-state index in [4.69, 9.17) is 0 Å². The number of aliphatic hydroxyl groups excluding tert-OH is 4. The van der Waals surface area contributed by atoms with E-state index in [2.05, 4.69) is 20.8 Å². The van der Waals surface area contributed by atoms with E-state index in [9.17, 15) is 20.4 Å². The molecule has 0 bridgehead atoms. The topological polar surface area (TPSA) is 80.9 Å². The normalized spacial score (nSPS) is 54.5. The van der Waals surface area contributed by atoms with Crippen molar-refractivity contribution in [3.05, 3.63) is 0 Å². The molecule has 5 unspecified atom stereocenters. The number of hydrogen-bond donors (Lipinski definition) is 4. The summed E-state index contributed by atoms with van der Waals surface area (Å²) in [6.07, 6.45) is 7.70. The van der Waals surface area contributed by atoms with Crippen LogP contribution in [-0.4, -0.2) is 45.3 Å². The van der Waals surface area contributed by atoms with Crippen molar-refractivity contribution in [2.24, 2.45) is 46.3 Å². The molecule has 4 aliphatic rings. The predicted molar refractivity (Wildman–Crippen MR) is 109 cm³/mol. The average Bonchev–Trinajstić information content (AvgIpc) is 2.92. The molecule has 162 valence electrons. The third-order valence-corrected chi connectivity index (χ3v) is 10.2. The largest absolute Gasteiger partial charge is 0.396 e.